The molecule has 1 atom stereocenters. The molecule has 1 saturated carbocycles. The first kappa shape index (κ1) is 13.6. The van der Waals surface area contributed by atoms with Crippen molar-refractivity contribution in [3.8, 4) is 0 Å². The first-order chi connectivity index (χ1) is 9.74. The van der Waals surface area contributed by atoms with Crippen molar-refractivity contribution in [2.75, 3.05) is 6.54 Å². The van der Waals surface area contributed by atoms with Gasteiger partial charge < -0.3 is 11.1 Å². The molecule has 1 aliphatic heterocycles. The molecular weight excluding hydrogens is 248 g/mol. The molecule has 1 unspecified atom stereocenters. The van der Waals surface area contributed by atoms with Crippen molar-refractivity contribution in [3.63, 3.8) is 0 Å². The van der Waals surface area contributed by atoms with Crippen LogP contribution in [0.3, 0.4) is 0 Å². The number of hydrogen-bond acceptors (Lipinski definition) is 2. The molecule has 1 fully saturated rings. The van der Waals surface area contributed by atoms with Crippen LogP contribution in [0, 0.1) is 5.92 Å². The SMILES string of the molecule is NC(CC1CCCC1)c1ccc2c(c1)C(=O)NCCC2. The Morgan fingerprint density at radius 1 is 1.25 bits per heavy atom. The molecule has 3 heteroatoms. The zero-order valence-corrected chi connectivity index (χ0v) is 12.0. The number of aryl methyl sites for hydroxylation is 1. The summed E-state index contributed by atoms with van der Waals surface area (Å²) < 4.78 is 0. The van der Waals surface area contributed by atoms with Gasteiger partial charge in [-0.05, 0) is 42.4 Å². The Labute approximate surface area is 120 Å². The maximum absolute atomic E-state index is 12.1. The maximum Gasteiger partial charge on any atom is 0.251 e. The minimum absolute atomic E-state index is 0.0624. The highest BCUT2D eigenvalue weighted by Gasteiger charge is 2.21. The molecular formula is C17H24N2O. The lowest BCUT2D eigenvalue weighted by molar-refractivity contribution is 0.0956. The van der Waals surface area contributed by atoms with Crippen molar-refractivity contribution >= 4 is 5.91 Å². The van der Waals surface area contributed by atoms with Gasteiger partial charge in [0.15, 0.2) is 0 Å². The normalized spacial score (nSPS) is 21.1. The first-order valence-corrected chi connectivity index (χ1v) is 7.90. The molecule has 1 aromatic carbocycles. The van der Waals surface area contributed by atoms with E-state index in [1.165, 1.54) is 25.7 Å². The van der Waals surface area contributed by atoms with Gasteiger partial charge in [-0.3, -0.25) is 4.79 Å². The quantitative estimate of drug-likeness (QED) is 0.889. The Balaban J connectivity index is 1.78. The van der Waals surface area contributed by atoms with E-state index in [4.69, 9.17) is 5.73 Å². The van der Waals surface area contributed by atoms with Crippen LogP contribution in [0.1, 0.15) is 66.1 Å². The number of fused-ring (bicyclic) bond motifs is 1. The molecule has 108 valence electrons. The largest absolute Gasteiger partial charge is 0.352 e. The lowest BCUT2D eigenvalue weighted by Gasteiger charge is -2.18. The van der Waals surface area contributed by atoms with Gasteiger partial charge in [-0.25, -0.2) is 0 Å². The van der Waals surface area contributed by atoms with Crippen molar-refractivity contribution in [2.45, 2.75) is 51.0 Å². The second-order valence-corrected chi connectivity index (χ2v) is 6.27. The summed E-state index contributed by atoms with van der Waals surface area (Å²) >= 11 is 0. The maximum atomic E-state index is 12.1. The minimum atomic E-state index is 0.0624. The van der Waals surface area contributed by atoms with Crippen molar-refractivity contribution in [1.82, 2.24) is 5.32 Å². The number of nitrogens with two attached hydrogens (primary N) is 1. The van der Waals surface area contributed by atoms with E-state index in [2.05, 4.69) is 17.4 Å². The molecule has 1 aromatic rings. The summed E-state index contributed by atoms with van der Waals surface area (Å²) in [5, 5.41) is 2.96. The van der Waals surface area contributed by atoms with Crippen LogP contribution in [0.25, 0.3) is 0 Å². The molecule has 1 amide bonds. The Hall–Kier alpha value is -1.35. The van der Waals surface area contributed by atoms with E-state index in [-0.39, 0.29) is 11.9 Å². The predicted octanol–water partition coefficient (Wildman–Crippen LogP) is 2.94. The summed E-state index contributed by atoms with van der Waals surface area (Å²) in [6, 6.07) is 6.32. The van der Waals surface area contributed by atoms with Crippen LogP contribution in [0.5, 0.6) is 0 Å². The zero-order chi connectivity index (χ0) is 13.9. The lowest BCUT2D eigenvalue weighted by atomic mass is 9.91. The number of carbonyl (C=O) groups is 1. The fourth-order valence-corrected chi connectivity index (χ4v) is 3.57. The Bertz CT molecular complexity index is 492. The summed E-state index contributed by atoms with van der Waals surface area (Å²) in [4.78, 5) is 12.1. The summed E-state index contributed by atoms with van der Waals surface area (Å²) in [6.45, 7) is 0.775. The van der Waals surface area contributed by atoms with Gasteiger partial charge in [0, 0.05) is 18.2 Å². The summed E-state index contributed by atoms with van der Waals surface area (Å²) in [5.41, 5.74) is 9.48. The number of rotatable bonds is 3. The van der Waals surface area contributed by atoms with Crippen LogP contribution in [0.15, 0.2) is 18.2 Å². The molecule has 0 spiro atoms. The third-order valence-electron chi connectivity index (χ3n) is 4.78. The van der Waals surface area contributed by atoms with E-state index >= 15 is 0 Å². The van der Waals surface area contributed by atoms with Gasteiger partial charge in [0.25, 0.3) is 5.91 Å². The molecule has 0 bridgehead atoms. The molecule has 2 aliphatic rings. The highest BCUT2D eigenvalue weighted by molar-refractivity contribution is 5.96. The number of amides is 1. The summed E-state index contributed by atoms with van der Waals surface area (Å²) in [7, 11) is 0. The number of nitrogens with one attached hydrogen (secondary N) is 1. The van der Waals surface area contributed by atoms with Gasteiger partial charge in [0.1, 0.15) is 0 Å². The van der Waals surface area contributed by atoms with E-state index in [0.717, 1.165) is 48.4 Å². The van der Waals surface area contributed by atoms with Crippen LogP contribution in [-0.2, 0) is 6.42 Å². The Morgan fingerprint density at radius 2 is 2.05 bits per heavy atom. The number of benzene rings is 1. The highest BCUT2D eigenvalue weighted by atomic mass is 16.1. The van der Waals surface area contributed by atoms with Gasteiger partial charge >= 0.3 is 0 Å². The van der Waals surface area contributed by atoms with Crippen LogP contribution in [0.4, 0.5) is 0 Å². The Kier molecular flexibility index (Phi) is 4.06. The standard InChI is InChI=1S/C17H24N2O/c18-16(10-12-4-1-2-5-12)14-8-7-13-6-3-9-19-17(20)15(13)11-14/h7-8,11-12,16H,1-6,9-10,18H2,(H,19,20). The smallest absolute Gasteiger partial charge is 0.251 e. The zero-order valence-electron chi connectivity index (χ0n) is 12.0. The van der Waals surface area contributed by atoms with Gasteiger partial charge in [-0.1, -0.05) is 37.8 Å². The lowest BCUT2D eigenvalue weighted by Crippen LogP contribution is -2.23. The molecule has 3 nitrogen and oxygen atoms in total. The molecule has 1 heterocycles. The van der Waals surface area contributed by atoms with E-state index < -0.39 is 0 Å². The van der Waals surface area contributed by atoms with E-state index in [1.807, 2.05) is 6.07 Å². The third kappa shape index (κ3) is 2.88. The second kappa shape index (κ2) is 5.96. The summed E-state index contributed by atoms with van der Waals surface area (Å²) in [6.07, 6.45) is 8.39. The first-order valence-electron chi connectivity index (χ1n) is 7.90. The molecule has 1 aliphatic carbocycles. The van der Waals surface area contributed by atoms with Crippen molar-refractivity contribution in [2.24, 2.45) is 11.7 Å². The predicted molar refractivity (Wildman–Crippen MR) is 80.6 cm³/mol. The van der Waals surface area contributed by atoms with Crippen LogP contribution in [-0.4, -0.2) is 12.5 Å². The van der Waals surface area contributed by atoms with Crippen LogP contribution >= 0.6 is 0 Å². The van der Waals surface area contributed by atoms with Gasteiger partial charge in [0.2, 0.25) is 0 Å². The minimum Gasteiger partial charge on any atom is -0.352 e. The molecule has 3 N–H and O–H groups in total. The highest BCUT2D eigenvalue weighted by Crippen LogP contribution is 2.32. The van der Waals surface area contributed by atoms with E-state index in [1.54, 1.807) is 0 Å². The topological polar surface area (TPSA) is 55.1 Å². The van der Waals surface area contributed by atoms with Crippen molar-refractivity contribution in [3.05, 3.63) is 34.9 Å². The van der Waals surface area contributed by atoms with Gasteiger partial charge in [-0.15, -0.1) is 0 Å². The van der Waals surface area contributed by atoms with Crippen molar-refractivity contribution in [1.29, 1.82) is 0 Å². The van der Waals surface area contributed by atoms with Crippen LogP contribution < -0.4 is 11.1 Å². The fourth-order valence-electron chi connectivity index (χ4n) is 3.57. The van der Waals surface area contributed by atoms with Gasteiger partial charge in [-0.2, -0.15) is 0 Å². The Morgan fingerprint density at radius 3 is 2.85 bits per heavy atom. The monoisotopic (exact) mass is 272 g/mol. The molecule has 20 heavy (non-hydrogen) atoms. The number of carbonyl (C=O) groups excluding carboxylic acids is 1. The fraction of sp³-hybridized carbons (Fsp3) is 0.588. The van der Waals surface area contributed by atoms with E-state index in [0.29, 0.717) is 0 Å². The summed E-state index contributed by atoms with van der Waals surface area (Å²) in [5.74, 6) is 0.838. The molecule has 0 aromatic heterocycles. The molecule has 0 saturated heterocycles. The van der Waals surface area contributed by atoms with E-state index in [9.17, 15) is 4.79 Å². The molecule has 3 rings (SSSR count). The van der Waals surface area contributed by atoms with Crippen molar-refractivity contribution < 1.29 is 4.79 Å². The second-order valence-electron chi connectivity index (χ2n) is 6.27. The average molecular weight is 272 g/mol. The molecule has 0 radical (unpaired) electrons. The van der Waals surface area contributed by atoms with Crippen LogP contribution in [0.2, 0.25) is 0 Å². The number of hydrogen-bond donors (Lipinski definition) is 2. The average Bonchev–Trinajstić information content (AvgIpc) is 2.89. The third-order valence-corrected chi connectivity index (χ3v) is 4.78. The van der Waals surface area contributed by atoms with Gasteiger partial charge in [0.05, 0.1) is 0 Å².